The number of carbonyl (C=O) groups excluding carboxylic acids is 1. The predicted octanol–water partition coefficient (Wildman–Crippen LogP) is 3.67. The topological polar surface area (TPSA) is 83.7 Å². The number of hydrogen-bond donors (Lipinski definition) is 0. The van der Waals surface area contributed by atoms with Gasteiger partial charge in [0, 0.05) is 5.56 Å². The predicted molar refractivity (Wildman–Crippen MR) is 93.1 cm³/mol. The van der Waals surface area contributed by atoms with E-state index in [-0.39, 0.29) is 5.89 Å². The van der Waals surface area contributed by atoms with Gasteiger partial charge in [0.15, 0.2) is 6.10 Å². The van der Waals surface area contributed by atoms with Crippen LogP contribution < -0.4 is 9.47 Å². The lowest BCUT2D eigenvalue weighted by atomic mass is 10.2. The van der Waals surface area contributed by atoms with Gasteiger partial charge in [-0.3, -0.25) is 0 Å². The molecular weight excluding hydrogens is 336 g/mol. The summed E-state index contributed by atoms with van der Waals surface area (Å²) in [6.07, 6.45) is -0.677. The SMILES string of the molecule is COc1ccc(C(=O)OC(C)c2nnc(-c3ccc(OC)cc3)o2)cc1. The fourth-order valence-corrected chi connectivity index (χ4v) is 2.26. The fraction of sp³-hybridized carbons (Fsp3) is 0.211. The molecule has 0 radical (unpaired) electrons. The Hall–Kier alpha value is -3.35. The highest BCUT2D eigenvalue weighted by Gasteiger charge is 2.20. The maximum absolute atomic E-state index is 12.2. The van der Waals surface area contributed by atoms with Crippen molar-refractivity contribution in [3.05, 3.63) is 60.0 Å². The van der Waals surface area contributed by atoms with Crippen LogP contribution in [0.2, 0.25) is 0 Å². The number of ether oxygens (including phenoxy) is 3. The van der Waals surface area contributed by atoms with E-state index >= 15 is 0 Å². The van der Waals surface area contributed by atoms with E-state index in [0.29, 0.717) is 17.2 Å². The summed E-state index contributed by atoms with van der Waals surface area (Å²) in [7, 11) is 3.16. The molecule has 1 unspecified atom stereocenters. The molecule has 0 saturated heterocycles. The Kier molecular flexibility index (Phi) is 5.17. The van der Waals surface area contributed by atoms with Crippen LogP contribution in [-0.4, -0.2) is 30.4 Å². The molecule has 134 valence electrons. The Morgan fingerprint density at radius 2 is 1.50 bits per heavy atom. The zero-order valence-corrected chi connectivity index (χ0v) is 14.6. The van der Waals surface area contributed by atoms with Gasteiger partial charge in [0.2, 0.25) is 5.89 Å². The highest BCUT2D eigenvalue weighted by atomic mass is 16.6. The summed E-state index contributed by atoms with van der Waals surface area (Å²) >= 11 is 0. The molecule has 0 bridgehead atoms. The maximum atomic E-state index is 12.2. The maximum Gasteiger partial charge on any atom is 0.338 e. The molecule has 0 fully saturated rings. The quantitative estimate of drug-likeness (QED) is 0.624. The highest BCUT2D eigenvalue weighted by Crippen LogP contribution is 2.25. The molecule has 2 aromatic carbocycles. The number of carbonyl (C=O) groups is 1. The first-order valence-electron chi connectivity index (χ1n) is 7.93. The van der Waals surface area contributed by atoms with Gasteiger partial charge >= 0.3 is 5.97 Å². The van der Waals surface area contributed by atoms with Crippen molar-refractivity contribution in [2.75, 3.05) is 14.2 Å². The van der Waals surface area contributed by atoms with Crippen molar-refractivity contribution in [3.8, 4) is 23.0 Å². The smallest absolute Gasteiger partial charge is 0.338 e. The van der Waals surface area contributed by atoms with Crippen molar-refractivity contribution >= 4 is 5.97 Å². The molecule has 1 heterocycles. The first-order chi connectivity index (χ1) is 12.6. The number of rotatable bonds is 6. The number of esters is 1. The van der Waals surface area contributed by atoms with Crippen LogP contribution in [0.25, 0.3) is 11.5 Å². The lowest BCUT2D eigenvalue weighted by Gasteiger charge is -2.09. The van der Waals surface area contributed by atoms with Crippen molar-refractivity contribution in [3.63, 3.8) is 0 Å². The number of hydrogen-bond acceptors (Lipinski definition) is 7. The molecular formula is C19H18N2O5. The van der Waals surface area contributed by atoms with E-state index in [1.165, 1.54) is 0 Å². The van der Waals surface area contributed by atoms with Gasteiger partial charge in [-0.1, -0.05) is 0 Å². The third kappa shape index (κ3) is 3.83. The molecule has 0 aliphatic carbocycles. The molecule has 3 aromatic rings. The molecule has 0 aliphatic heterocycles. The van der Waals surface area contributed by atoms with E-state index in [0.717, 1.165) is 11.3 Å². The van der Waals surface area contributed by atoms with Crippen molar-refractivity contribution in [1.29, 1.82) is 0 Å². The van der Waals surface area contributed by atoms with E-state index in [1.54, 1.807) is 57.5 Å². The lowest BCUT2D eigenvalue weighted by Crippen LogP contribution is -2.09. The molecule has 0 amide bonds. The first-order valence-corrected chi connectivity index (χ1v) is 7.93. The molecule has 3 rings (SSSR count). The van der Waals surface area contributed by atoms with Gasteiger partial charge in [0.05, 0.1) is 19.8 Å². The van der Waals surface area contributed by atoms with Gasteiger partial charge in [-0.15, -0.1) is 10.2 Å². The highest BCUT2D eigenvalue weighted by molar-refractivity contribution is 5.89. The summed E-state index contributed by atoms with van der Waals surface area (Å²) in [5, 5.41) is 7.96. The standard InChI is InChI=1S/C19H18N2O5/c1-12(25-19(22)14-6-10-16(24-3)11-7-14)17-20-21-18(26-17)13-4-8-15(23-2)9-5-13/h4-12H,1-3H3. The average molecular weight is 354 g/mol. The van der Waals surface area contributed by atoms with Gasteiger partial charge in [-0.25, -0.2) is 4.79 Å². The molecule has 0 spiro atoms. The van der Waals surface area contributed by atoms with Crippen LogP contribution in [0.15, 0.2) is 52.9 Å². The van der Waals surface area contributed by atoms with Gasteiger partial charge in [0.25, 0.3) is 5.89 Å². The molecule has 7 nitrogen and oxygen atoms in total. The van der Waals surface area contributed by atoms with Crippen molar-refractivity contribution in [1.82, 2.24) is 10.2 Å². The second-order valence-corrected chi connectivity index (χ2v) is 5.45. The molecule has 7 heteroatoms. The van der Waals surface area contributed by atoms with E-state index in [9.17, 15) is 4.79 Å². The number of aromatic nitrogens is 2. The minimum atomic E-state index is -0.677. The summed E-state index contributed by atoms with van der Waals surface area (Å²) in [5.41, 5.74) is 1.16. The van der Waals surface area contributed by atoms with Crippen molar-refractivity contribution in [2.45, 2.75) is 13.0 Å². The number of methoxy groups -OCH3 is 2. The van der Waals surface area contributed by atoms with E-state index in [2.05, 4.69) is 10.2 Å². The van der Waals surface area contributed by atoms with Gasteiger partial charge in [0.1, 0.15) is 11.5 Å². The Bertz CT molecular complexity index is 872. The largest absolute Gasteiger partial charge is 0.497 e. The summed E-state index contributed by atoms with van der Waals surface area (Å²) in [6, 6.07) is 13.9. The summed E-state index contributed by atoms with van der Waals surface area (Å²) < 4.78 is 21.2. The van der Waals surface area contributed by atoms with Crippen LogP contribution in [-0.2, 0) is 4.74 Å². The fourth-order valence-electron chi connectivity index (χ4n) is 2.26. The number of nitrogens with zero attached hydrogens (tertiary/aromatic N) is 2. The summed E-state index contributed by atoms with van der Waals surface area (Å²) in [5.74, 6) is 1.47. The van der Waals surface area contributed by atoms with Crippen LogP contribution >= 0.6 is 0 Å². The van der Waals surface area contributed by atoms with E-state index in [1.807, 2.05) is 12.1 Å². The van der Waals surface area contributed by atoms with Crippen LogP contribution in [0, 0.1) is 0 Å². The van der Waals surface area contributed by atoms with Crippen LogP contribution in [0.3, 0.4) is 0 Å². The Morgan fingerprint density at radius 3 is 2.08 bits per heavy atom. The molecule has 0 aliphatic rings. The zero-order valence-electron chi connectivity index (χ0n) is 14.6. The summed E-state index contributed by atoms with van der Waals surface area (Å²) in [4.78, 5) is 12.2. The number of benzene rings is 2. The molecule has 0 N–H and O–H groups in total. The average Bonchev–Trinajstić information content (AvgIpc) is 3.18. The summed E-state index contributed by atoms with van der Waals surface area (Å²) in [6.45, 7) is 1.67. The Morgan fingerprint density at radius 1 is 0.923 bits per heavy atom. The van der Waals surface area contributed by atoms with E-state index in [4.69, 9.17) is 18.6 Å². The normalized spacial score (nSPS) is 11.7. The van der Waals surface area contributed by atoms with Crippen LogP contribution in [0.4, 0.5) is 0 Å². The lowest BCUT2D eigenvalue weighted by molar-refractivity contribution is 0.0280. The molecule has 0 saturated carbocycles. The Labute approximate surface area is 150 Å². The first kappa shape index (κ1) is 17.5. The minimum absolute atomic E-state index is 0.220. The third-order valence-corrected chi connectivity index (χ3v) is 3.73. The van der Waals surface area contributed by atoms with Crippen molar-refractivity contribution in [2.24, 2.45) is 0 Å². The second-order valence-electron chi connectivity index (χ2n) is 5.45. The van der Waals surface area contributed by atoms with Gasteiger partial charge in [-0.05, 0) is 55.5 Å². The third-order valence-electron chi connectivity index (χ3n) is 3.73. The molecule has 1 atom stereocenters. The minimum Gasteiger partial charge on any atom is -0.497 e. The second kappa shape index (κ2) is 7.69. The molecule has 26 heavy (non-hydrogen) atoms. The van der Waals surface area contributed by atoms with Crippen LogP contribution in [0.1, 0.15) is 29.3 Å². The molecule has 1 aromatic heterocycles. The zero-order chi connectivity index (χ0) is 18.5. The van der Waals surface area contributed by atoms with Crippen molar-refractivity contribution < 1.29 is 23.4 Å². The van der Waals surface area contributed by atoms with Gasteiger partial charge in [-0.2, -0.15) is 0 Å². The van der Waals surface area contributed by atoms with Gasteiger partial charge < -0.3 is 18.6 Å². The monoisotopic (exact) mass is 354 g/mol. The Balaban J connectivity index is 1.68. The van der Waals surface area contributed by atoms with Crippen LogP contribution in [0.5, 0.6) is 11.5 Å². The van der Waals surface area contributed by atoms with E-state index < -0.39 is 12.1 Å².